The van der Waals surface area contributed by atoms with E-state index in [1.165, 1.54) is 4.90 Å². The highest BCUT2D eigenvalue weighted by Crippen LogP contribution is 2.37. The van der Waals surface area contributed by atoms with Gasteiger partial charge in [0.2, 0.25) is 0 Å². The molecule has 3 N–H and O–H groups in total. The molecule has 5 rings (SSSR count). The predicted octanol–water partition coefficient (Wildman–Crippen LogP) is 7.14. The average molecular weight is 652 g/mol. The minimum Gasteiger partial charge on any atom is -0.488 e. The van der Waals surface area contributed by atoms with Gasteiger partial charge in [-0.05, 0) is 78.3 Å². The summed E-state index contributed by atoms with van der Waals surface area (Å²) in [5.41, 5.74) is 6.31. The highest BCUT2D eigenvalue weighted by molar-refractivity contribution is 7.98. The lowest BCUT2D eigenvalue weighted by Gasteiger charge is -2.20. The first-order valence-corrected chi connectivity index (χ1v) is 16.1. The highest BCUT2D eigenvalue weighted by Gasteiger charge is 2.16. The predicted molar refractivity (Wildman–Crippen MR) is 178 cm³/mol. The number of aliphatic hydroxyl groups excluding tert-OH is 1. The van der Waals surface area contributed by atoms with Crippen molar-refractivity contribution in [1.82, 2.24) is 5.32 Å². The molecule has 0 bridgehead atoms. The number of nitrogens with one attached hydrogen (secondary N) is 1. The molecule has 1 heterocycles. The Labute approximate surface area is 273 Å². The van der Waals surface area contributed by atoms with E-state index < -0.39 is 0 Å². The maximum absolute atomic E-state index is 9.47. The van der Waals surface area contributed by atoms with Crippen molar-refractivity contribution in [2.24, 2.45) is 0 Å². The SMILES string of the molecule is CSc1cccc(COc2cc(OCc3cccc(-c4ccc5c(c4)OCCO5)c3C)c(Cl)cc2CNC(C)CO)c1.O=CO. The summed E-state index contributed by atoms with van der Waals surface area (Å²) >= 11 is 8.42. The number of ether oxygens (including phenoxy) is 4. The molecule has 8 nitrogen and oxygen atoms in total. The lowest BCUT2D eigenvalue weighted by atomic mass is 9.96. The van der Waals surface area contributed by atoms with Crippen LogP contribution in [-0.2, 0) is 24.6 Å². The van der Waals surface area contributed by atoms with E-state index in [2.05, 4.69) is 54.9 Å². The third-order valence-electron chi connectivity index (χ3n) is 7.24. The summed E-state index contributed by atoms with van der Waals surface area (Å²) in [5.74, 6) is 2.77. The highest BCUT2D eigenvalue weighted by atomic mass is 35.5. The van der Waals surface area contributed by atoms with E-state index >= 15 is 0 Å². The molecule has 10 heteroatoms. The van der Waals surface area contributed by atoms with Crippen LogP contribution >= 0.6 is 23.4 Å². The minimum atomic E-state index is -0.250. The van der Waals surface area contributed by atoms with Gasteiger partial charge in [0.25, 0.3) is 6.47 Å². The molecule has 0 saturated carbocycles. The van der Waals surface area contributed by atoms with E-state index in [1.54, 1.807) is 11.8 Å². The van der Waals surface area contributed by atoms with Crippen LogP contribution in [0.5, 0.6) is 23.0 Å². The van der Waals surface area contributed by atoms with Gasteiger partial charge in [0.05, 0.1) is 11.6 Å². The quantitative estimate of drug-likeness (QED) is 0.109. The second kappa shape index (κ2) is 17.0. The number of carbonyl (C=O) groups is 1. The summed E-state index contributed by atoms with van der Waals surface area (Å²) in [6, 6.07) is 24.2. The number of halogens is 1. The lowest BCUT2D eigenvalue weighted by Crippen LogP contribution is -2.28. The molecular weight excluding hydrogens is 614 g/mol. The smallest absolute Gasteiger partial charge is 0.290 e. The van der Waals surface area contributed by atoms with Crippen molar-refractivity contribution in [2.45, 2.75) is 44.5 Å². The molecular formula is C35H38ClNO7S. The first-order chi connectivity index (χ1) is 21.9. The van der Waals surface area contributed by atoms with Gasteiger partial charge in [0.15, 0.2) is 11.5 Å². The number of rotatable bonds is 12. The molecule has 1 aliphatic heterocycles. The van der Waals surface area contributed by atoms with Gasteiger partial charge < -0.3 is 34.5 Å². The fourth-order valence-electron chi connectivity index (χ4n) is 4.75. The average Bonchev–Trinajstić information content (AvgIpc) is 3.06. The van der Waals surface area contributed by atoms with Crippen LogP contribution in [0.2, 0.25) is 5.02 Å². The van der Waals surface area contributed by atoms with Crippen LogP contribution < -0.4 is 24.3 Å². The molecule has 0 aliphatic carbocycles. The second-order valence-corrected chi connectivity index (χ2v) is 11.6. The summed E-state index contributed by atoms with van der Waals surface area (Å²) in [4.78, 5) is 9.55. The third-order valence-corrected chi connectivity index (χ3v) is 8.26. The maximum Gasteiger partial charge on any atom is 0.290 e. The normalized spacial score (nSPS) is 12.5. The van der Waals surface area contributed by atoms with Crippen LogP contribution in [-0.4, -0.2) is 48.8 Å². The summed E-state index contributed by atoms with van der Waals surface area (Å²) in [5, 5.41) is 20.2. The number of fused-ring (bicyclic) bond motifs is 1. The molecule has 45 heavy (non-hydrogen) atoms. The van der Waals surface area contributed by atoms with Gasteiger partial charge in [-0.2, -0.15) is 0 Å². The molecule has 238 valence electrons. The molecule has 0 saturated heterocycles. The Morgan fingerprint density at radius 2 is 1.69 bits per heavy atom. The van der Waals surface area contributed by atoms with Gasteiger partial charge >= 0.3 is 0 Å². The Bertz CT molecular complexity index is 1580. The molecule has 0 radical (unpaired) electrons. The van der Waals surface area contributed by atoms with Gasteiger partial charge in [-0.25, -0.2) is 0 Å². The molecule has 0 aromatic heterocycles. The van der Waals surface area contributed by atoms with Crippen molar-refractivity contribution >= 4 is 29.8 Å². The van der Waals surface area contributed by atoms with Crippen LogP contribution in [0.1, 0.15) is 29.2 Å². The first kappa shape index (κ1) is 34.0. The van der Waals surface area contributed by atoms with Gasteiger partial charge in [-0.15, -0.1) is 11.8 Å². The summed E-state index contributed by atoms with van der Waals surface area (Å²) in [6.45, 7) is 6.19. The maximum atomic E-state index is 9.47. The van der Waals surface area contributed by atoms with Gasteiger partial charge in [-0.3, -0.25) is 4.79 Å². The first-order valence-electron chi connectivity index (χ1n) is 14.5. The van der Waals surface area contributed by atoms with Crippen LogP contribution in [0, 0.1) is 6.92 Å². The largest absolute Gasteiger partial charge is 0.488 e. The Hall–Kier alpha value is -3.89. The fourth-order valence-corrected chi connectivity index (χ4v) is 5.47. The van der Waals surface area contributed by atoms with Gasteiger partial charge in [-0.1, -0.05) is 48.0 Å². The third kappa shape index (κ3) is 9.31. The Morgan fingerprint density at radius 3 is 2.44 bits per heavy atom. The van der Waals surface area contributed by atoms with Crippen LogP contribution in [0.25, 0.3) is 11.1 Å². The van der Waals surface area contributed by atoms with Crippen molar-refractivity contribution in [3.63, 3.8) is 0 Å². The molecule has 0 spiro atoms. The number of hydrogen-bond donors (Lipinski definition) is 3. The van der Waals surface area contributed by atoms with E-state index in [0.29, 0.717) is 49.5 Å². The number of carboxylic acid groups (broad SMARTS) is 1. The number of hydrogen-bond acceptors (Lipinski definition) is 8. The zero-order valence-corrected chi connectivity index (χ0v) is 27.1. The summed E-state index contributed by atoms with van der Waals surface area (Å²) < 4.78 is 24.1. The Morgan fingerprint density at radius 1 is 0.956 bits per heavy atom. The molecule has 1 aliphatic rings. The van der Waals surface area contributed by atoms with E-state index in [9.17, 15) is 5.11 Å². The number of thioether (sulfide) groups is 1. The van der Waals surface area contributed by atoms with E-state index in [4.69, 9.17) is 40.4 Å². The van der Waals surface area contributed by atoms with E-state index in [-0.39, 0.29) is 19.1 Å². The monoisotopic (exact) mass is 651 g/mol. The molecule has 0 amide bonds. The van der Waals surface area contributed by atoms with Gasteiger partial charge in [0.1, 0.15) is 37.9 Å². The number of aliphatic hydroxyl groups is 1. The fraction of sp³-hybridized carbons (Fsp3) is 0.286. The molecule has 1 atom stereocenters. The lowest BCUT2D eigenvalue weighted by molar-refractivity contribution is -0.122. The van der Waals surface area contributed by atoms with Crippen molar-refractivity contribution in [1.29, 1.82) is 0 Å². The zero-order chi connectivity index (χ0) is 32.2. The van der Waals surface area contributed by atoms with Crippen LogP contribution in [0.4, 0.5) is 0 Å². The summed E-state index contributed by atoms with van der Waals surface area (Å²) in [6.07, 6.45) is 2.06. The topological polar surface area (TPSA) is 106 Å². The second-order valence-electron chi connectivity index (χ2n) is 10.3. The molecule has 4 aromatic carbocycles. The van der Waals surface area contributed by atoms with Gasteiger partial charge in [0, 0.05) is 29.1 Å². The summed E-state index contributed by atoms with van der Waals surface area (Å²) in [7, 11) is 0. The molecule has 1 unspecified atom stereocenters. The Balaban J connectivity index is 0.00000148. The zero-order valence-electron chi connectivity index (χ0n) is 25.5. The van der Waals surface area contributed by atoms with Crippen molar-refractivity contribution < 1.29 is 34.0 Å². The van der Waals surface area contributed by atoms with Crippen molar-refractivity contribution in [2.75, 3.05) is 26.1 Å². The molecule has 4 aromatic rings. The Kier molecular flexibility index (Phi) is 12.8. The standard InChI is InChI=1S/C34H36ClNO5S.CH2O2/c1-22(19-37)36-18-27-15-30(35)33(17-32(27)40-20-24-6-4-8-28(14-24)42-3)41-21-26-7-5-9-29(23(26)2)25-10-11-31-34(16-25)39-13-12-38-31;2-1-3/h4-11,14-17,22,36-37H,12-13,18-21H2,1-3H3;1H,(H,2,3). The van der Waals surface area contributed by atoms with Crippen LogP contribution in [0.3, 0.4) is 0 Å². The number of benzene rings is 4. The van der Waals surface area contributed by atoms with E-state index in [0.717, 1.165) is 44.9 Å². The van der Waals surface area contributed by atoms with Crippen molar-refractivity contribution in [3.8, 4) is 34.1 Å². The van der Waals surface area contributed by atoms with E-state index in [1.807, 2.05) is 43.3 Å². The van der Waals surface area contributed by atoms with Crippen LogP contribution in [0.15, 0.2) is 77.7 Å². The molecule has 0 fully saturated rings. The minimum absolute atomic E-state index is 0.0390. The van der Waals surface area contributed by atoms with Crippen molar-refractivity contribution in [3.05, 3.63) is 100 Å².